The van der Waals surface area contributed by atoms with Crippen molar-refractivity contribution in [3.8, 4) is 0 Å². The van der Waals surface area contributed by atoms with Crippen molar-refractivity contribution in [1.82, 2.24) is 0 Å². The summed E-state index contributed by atoms with van der Waals surface area (Å²) in [6.07, 6.45) is 15.7. The Morgan fingerprint density at radius 2 is 2.05 bits per heavy atom. The normalized spacial score (nSPS) is 19.6. The summed E-state index contributed by atoms with van der Waals surface area (Å²) < 4.78 is 4.12. The lowest BCUT2D eigenvalue weighted by molar-refractivity contribution is 1.14. The van der Waals surface area contributed by atoms with Crippen LogP contribution in [0.25, 0.3) is 21.6 Å². The van der Waals surface area contributed by atoms with Gasteiger partial charge in [0, 0.05) is 31.5 Å². The van der Waals surface area contributed by atoms with E-state index in [9.17, 15) is 0 Å². The topological polar surface area (TPSA) is 0 Å². The molecule has 20 heavy (non-hydrogen) atoms. The number of allylic oxidation sites excluding steroid dienone is 6. The lowest BCUT2D eigenvalue weighted by Gasteiger charge is -1.97. The van der Waals surface area contributed by atoms with E-state index in [-0.39, 0.29) is 0 Å². The molecule has 2 aromatic heterocycles. The Balaban J connectivity index is 2.14. The third-order valence-electron chi connectivity index (χ3n) is 3.70. The van der Waals surface area contributed by atoms with Gasteiger partial charge >= 0.3 is 0 Å². The van der Waals surface area contributed by atoms with E-state index in [0.29, 0.717) is 5.92 Å². The molecule has 0 amide bonds. The van der Waals surface area contributed by atoms with E-state index in [0.717, 1.165) is 0 Å². The minimum Gasteiger partial charge on any atom is -0.138 e. The molecule has 2 heterocycles. The monoisotopic (exact) mass is 312 g/mol. The van der Waals surface area contributed by atoms with Gasteiger partial charge in [-0.1, -0.05) is 48.7 Å². The van der Waals surface area contributed by atoms with Crippen molar-refractivity contribution in [3.63, 3.8) is 0 Å². The van der Waals surface area contributed by atoms with E-state index in [2.05, 4.69) is 49.5 Å². The lowest BCUT2D eigenvalue weighted by atomic mass is 10.1. The maximum atomic E-state index is 5.19. The maximum Gasteiger partial charge on any atom is 0.0546 e. The van der Waals surface area contributed by atoms with Crippen molar-refractivity contribution in [2.24, 2.45) is 5.92 Å². The Bertz CT molecular complexity index is 929. The maximum absolute atomic E-state index is 5.19. The second-order valence-electron chi connectivity index (χ2n) is 5.03. The standard InChI is InChI=1S/C17H12S3/c1-10-14(9-18)17-16(19-10)13-7-11-4-2-3-5-12(6-11)8-15(13)20-17/h2-9,12H,1H3. The predicted molar refractivity (Wildman–Crippen MR) is 95.2 cm³/mol. The predicted octanol–water partition coefficient (Wildman–Crippen LogP) is 3.86. The van der Waals surface area contributed by atoms with Crippen LogP contribution in [0.2, 0.25) is 0 Å². The first-order valence-electron chi connectivity index (χ1n) is 6.53. The van der Waals surface area contributed by atoms with E-state index in [1.807, 2.05) is 28.0 Å². The molecule has 98 valence electrons. The fourth-order valence-electron chi connectivity index (χ4n) is 2.72. The third-order valence-corrected chi connectivity index (χ3v) is 6.42. The van der Waals surface area contributed by atoms with Gasteiger partial charge in [0.25, 0.3) is 0 Å². The Hall–Kier alpha value is -1.29. The van der Waals surface area contributed by atoms with E-state index in [1.165, 1.54) is 35.2 Å². The number of rotatable bonds is 1. The van der Waals surface area contributed by atoms with Gasteiger partial charge in [0.15, 0.2) is 0 Å². The minimum absolute atomic E-state index is 0.391. The van der Waals surface area contributed by atoms with Crippen molar-refractivity contribution in [1.29, 1.82) is 0 Å². The van der Waals surface area contributed by atoms with Gasteiger partial charge in [-0.05, 0) is 18.6 Å². The van der Waals surface area contributed by atoms with Gasteiger partial charge in [0.2, 0.25) is 0 Å². The van der Waals surface area contributed by atoms with Crippen molar-refractivity contribution in [2.45, 2.75) is 6.92 Å². The van der Waals surface area contributed by atoms with Crippen molar-refractivity contribution in [3.05, 3.63) is 56.1 Å². The van der Waals surface area contributed by atoms with E-state index < -0.39 is 0 Å². The zero-order chi connectivity index (χ0) is 13.7. The molecule has 0 aliphatic heterocycles. The number of hydrogen-bond donors (Lipinski definition) is 0. The zero-order valence-electron chi connectivity index (χ0n) is 10.9. The zero-order valence-corrected chi connectivity index (χ0v) is 13.4. The van der Waals surface area contributed by atoms with E-state index in [1.54, 1.807) is 0 Å². The molecule has 2 aliphatic carbocycles. The molecule has 0 saturated heterocycles. The second kappa shape index (κ2) is 4.62. The van der Waals surface area contributed by atoms with Crippen LogP contribution < -0.4 is 9.75 Å². The van der Waals surface area contributed by atoms with Crippen LogP contribution in [-0.2, 0) is 0 Å². The molecule has 2 bridgehead atoms. The fourth-order valence-corrected chi connectivity index (χ4v) is 5.85. The number of fused-ring (bicyclic) bond motifs is 4. The average Bonchev–Trinajstić information content (AvgIpc) is 2.73. The van der Waals surface area contributed by atoms with Gasteiger partial charge in [-0.2, -0.15) is 0 Å². The molecule has 0 fully saturated rings. The molecular weight excluding hydrogens is 300 g/mol. The van der Waals surface area contributed by atoms with Gasteiger partial charge in [0.1, 0.15) is 0 Å². The number of hydrogen-bond acceptors (Lipinski definition) is 3. The van der Waals surface area contributed by atoms with Crippen LogP contribution in [0.15, 0.2) is 36.0 Å². The van der Waals surface area contributed by atoms with Gasteiger partial charge in [-0.25, -0.2) is 0 Å². The van der Waals surface area contributed by atoms with Crippen LogP contribution in [0.5, 0.6) is 0 Å². The fraction of sp³-hybridized carbons (Fsp3) is 0.118. The van der Waals surface area contributed by atoms with Gasteiger partial charge in [-0.3, -0.25) is 0 Å². The average molecular weight is 312 g/mol. The Kier molecular flexibility index (Phi) is 2.88. The highest BCUT2D eigenvalue weighted by Crippen LogP contribution is 2.30. The molecule has 0 radical (unpaired) electrons. The van der Waals surface area contributed by atoms with Gasteiger partial charge in [-0.15, -0.1) is 22.7 Å². The van der Waals surface area contributed by atoms with E-state index >= 15 is 0 Å². The summed E-state index contributed by atoms with van der Waals surface area (Å²) in [5.41, 5.74) is 2.53. The third kappa shape index (κ3) is 1.81. The molecule has 0 spiro atoms. The first-order valence-corrected chi connectivity index (χ1v) is 8.64. The molecule has 3 heteroatoms. The Morgan fingerprint density at radius 3 is 2.90 bits per heavy atom. The summed E-state index contributed by atoms with van der Waals surface area (Å²) in [5.74, 6) is 0.391. The van der Waals surface area contributed by atoms with Gasteiger partial charge < -0.3 is 0 Å². The smallest absolute Gasteiger partial charge is 0.0546 e. The molecule has 2 aliphatic rings. The molecule has 1 unspecified atom stereocenters. The molecule has 0 aromatic carbocycles. The highest BCUT2D eigenvalue weighted by Gasteiger charge is 2.14. The van der Waals surface area contributed by atoms with Crippen LogP contribution in [0, 0.1) is 12.8 Å². The van der Waals surface area contributed by atoms with Crippen molar-refractivity contribution >= 4 is 61.8 Å². The molecule has 1 atom stereocenters. The second-order valence-corrected chi connectivity index (χ2v) is 7.54. The lowest BCUT2D eigenvalue weighted by Crippen LogP contribution is -2.18. The summed E-state index contributed by atoms with van der Waals surface area (Å²) in [6, 6.07) is 0. The van der Waals surface area contributed by atoms with Crippen LogP contribution in [-0.4, -0.2) is 5.37 Å². The number of thiophene rings is 2. The largest absolute Gasteiger partial charge is 0.138 e. The molecule has 0 N–H and O–H groups in total. The minimum atomic E-state index is 0.391. The molecule has 4 rings (SSSR count). The first kappa shape index (κ1) is 12.5. The molecule has 2 aromatic rings. The number of thiocarbonyl (C=S) groups is 1. The number of aryl methyl sites for hydroxylation is 1. The Morgan fingerprint density at radius 1 is 1.15 bits per heavy atom. The highest BCUT2D eigenvalue weighted by atomic mass is 32.1. The van der Waals surface area contributed by atoms with Crippen LogP contribution in [0.1, 0.15) is 10.4 Å². The highest BCUT2D eigenvalue weighted by molar-refractivity contribution is 7.79. The Labute approximate surface area is 130 Å². The van der Waals surface area contributed by atoms with Gasteiger partial charge in [0.05, 0.1) is 9.40 Å². The first-order chi connectivity index (χ1) is 9.76. The molecular formula is C17H12S3. The quantitative estimate of drug-likeness (QED) is 0.721. The van der Waals surface area contributed by atoms with E-state index in [4.69, 9.17) is 12.2 Å². The molecule has 0 nitrogen and oxygen atoms in total. The van der Waals surface area contributed by atoms with Crippen LogP contribution >= 0.6 is 34.9 Å². The summed E-state index contributed by atoms with van der Waals surface area (Å²) in [6.45, 7) is 2.16. The summed E-state index contributed by atoms with van der Waals surface area (Å²) in [5, 5.41) is 3.20. The van der Waals surface area contributed by atoms with Crippen molar-refractivity contribution < 1.29 is 0 Å². The van der Waals surface area contributed by atoms with Crippen molar-refractivity contribution in [2.75, 3.05) is 0 Å². The van der Waals surface area contributed by atoms with Crippen LogP contribution in [0.4, 0.5) is 0 Å². The molecule has 0 saturated carbocycles. The summed E-state index contributed by atoms with van der Waals surface area (Å²) in [7, 11) is 0. The SMILES string of the molecule is Cc1sc2c3c(sc2c1C=S)=CC1C=CC=CC(=C1)C=3. The van der Waals surface area contributed by atoms with Crippen LogP contribution in [0.3, 0.4) is 0 Å². The summed E-state index contributed by atoms with van der Waals surface area (Å²) in [4.78, 5) is 1.33. The summed E-state index contributed by atoms with van der Waals surface area (Å²) >= 11 is 8.93.